The minimum absolute atomic E-state index is 0.0678. The van der Waals surface area contributed by atoms with Crippen molar-refractivity contribution in [3.05, 3.63) is 70.7 Å². The van der Waals surface area contributed by atoms with Gasteiger partial charge in [-0.2, -0.15) is 13.9 Å². The van der Waals surface area contributed by atoms with Crippen LogP contribution in [-0.2, 0) is 13.6 Å². The smallest absolute Gasteiger partial charge is 0.314 e. The number of halogens is 3. The molecule has 0 bridgehead atoms. The molecule has 1 amide bonds. The molecule has 0 saturated carbocycles. The summed E-state index contributed by atoms with van der Waals surface area (Å²) in [4.78, 5) is 14.8. The number of hydrogen-bond donors (Lipinski definition) is 0. The Morgan fingerprint density at radius 3 is 2.68 bits per heavy atom. The second-order valence-corrected chi connectivity index (χ2v) is 7.50. The molecule has 0 radical (unpaired) electrons. The number of amides is 1. The quantitative estimate of drug-likeness (QED) is 0.450. The van der Waals surface area contributed by atoms with Crippen LogP contribution >= 0.6 is 11.6 Å². The fourth-order valence-corrected chi connectivity index (χ4v) is 3.77. The number of anilines is 1. The average molecular weight is 442 g/mol. The van der Waals surface area contributed by atoms with Crippen LogP contribution in [0.25, 0.3) is 22.6 Å². The number of alkyl halides is 2. The normalized spacial score (nSPS) is 13.3. The highest BCUT2D eigenvalue weighted by Gasteiger charge is 2.33. The first-order valence-electron chi connectivity index (χ1n) is 9.27. The van der Waals surface area contributed by atoms with Crippen LogP contribution < -0.4 is 4.90 Å². The van der Waals surface area contributed by atoms with E-state index in [9.17, 15) is 13.6 Å². The van der Waals surface area contributed by atoms with Crippen molar-refractivity contribution < 1.29 is 18.0 Å². The lowest BCUT2D eigenvalue weighted by atomic mass is 10.1. The largest absolute Gasteiger partial charge is 0.415 e. The molecule has 0 N–H and O–H groups in total. The first kappa shape index (κ1) is 19.4. The highest BCUT2D eigenvalue weighted by Crippen LogP contribution is 2.37. The van der Waals surface area contributed by atoms with E-state index in [1.54, 1.807) is 40.9 Å². The van der Waals surface area contributed by atoms with E-state index in [0.717, 1.165) is 16.7 Å². The second-order valence-electron chi connectivity index (χ2n) is 7.06. The van der Waals surface area contributed by atoms with Gasteiger partial charge in [0.05, 0.1) is 6.54 Å². The minimum Gasteiger partial charge on any atom is -0.415 e. The lowest BCUT2D eigenvalue weighted by Gasteiger charge is -2.14. The van der Waals surface area contributed by atoms with Crippen molar-refractivity contribution in [2.24, 2.45) is 7.05 Å². The first-order valence-corrected chi connectivity index (χ1v) is 9.65. The number of rotatable bonds is 4. The summed E-state index contributed by atoms with van der Waals surface area (Å²) in [5.74, 6) is -0.581. The summed E-state index contributed by atoms with van der Waals surface area (Å²) in [6, 6.07) is 12.3. The zero-order valence-corrected chi connectivity index (χ0v) is 16.8. The van der Waals surface area contributed by atoms with Gasteiger partial charge in [0, 0.05) is 35.0 Å². The number of aromatic nitrogens is 4. The summed E-state index contributed by atoms with van der Waals surface area (Å²) in [7, 11) is 1.78. The molecule has 0 saturated heterocycles. The van der Waals surface area contributed by atoms with Gasteiger partial charge < -0.3 is 4.42 Å². The van der Waals surface area contributed by atoms with Gasteiger partial charge in [-0.1, -0.05) is 29.8 Å². The molecular formula is C21H14ClF2N5O2. The number of hydrogen-bond acceptors (Lipinski definition) is 5. The average Bonchev–Trinajstić information content (AvgIpc) is 3.45. The maximum atomic E-state index is 13.2. The third-order valence-electron chi connectivity index (χ3n) is 4.99. The third-order valence-corrected chi connectivity index (χ3v) is 5.22. The van der Waals surface area contributed by atoms with Gasteiger partial charge in [-0.3, -0.25) is 14.4 Å². The van der Waals surface area contributed by atoms with E-state index in [0.29, 0.717) is 28.5 Å². The SMILES string of the molecule is Cn1cc(-c2cccc(Cl)c2)c(N2Cc3ccc(-c4nnc(C(F)F)o4)cc3C2=O)n1. The lowest BCUT2D eigenvalue weighted by molar-refractivity contribution is 0.0995. The Morgan fingerprint density at radius 1 is 1.10 bits per heavy atom. The number of benzene rings is 2. The standard InChI is InChI=1S/C21H14ClF2N5O2/c1-28-10-16(11-3-2-4-14(22)7-11)18(27-28)29-9-13-6-5-12(8-15(13)21(29)30)19-25-26-20(31-19)17(23)24/h2-8,10,17H,9H2,1H3. The topological polar surface area (TPSA) is 77.0 Å². The van der Waals surface area contributed by atoms with Crippen LogP contribution in [-0.4, -0.2) is 25.9 Å². The molecule has 1 aliphatic rings. The van der Waals surface area contributed by atoms with Crippen LogP contribution in [0.1, 0.15) is 28.2 Å². The van der Waals surface area contributed by atoms with Crippen LogP contribution in [0.5, 0.6) is 0 Å². The molecule has 0 atom stereocenters. The van der Waals surface area contributed by atoms with Crippen LogP contribution in [0.4, 0.5) is 14.6 Å². The third kappa shape index (κ3) is 3.36. The number of carbonyl (C=O) groups is 1. The number of carbonyl (C=O) groups excluding carboxylic acids is 1. The number of fused-ring (bicyclic) bond motifs is 1. The molecule has 10 heteroatoms. The van der Waals surface area contributed by atoms with Gasteiger partial charge in [-0.05, 0) is 35.4 Å². The van der Waals surface area contributed by atoms with Gasteiger partial charge in [0.15, 0.2) is 5.82 Å². The van der Waals surface area contributed by atoms with Gasteiger partial charge in [-0.25, -0.2) is 0 Å². The van der Waals surface area contributed by atoms with Crippen molar-refractivity contribution in [1.82, 2.24) is 20.0 Å². The Bertz CT molecular complexity index is 1320. The second kappa shape index (κ2) is 7.28. The molecule has 5 rings (SSSR count). The van der Waals surface area contributed by atoms with Crippen molar-refractivity contribution in [2.45, 2.75) is 13.0 Å². The van der Waals surface area contributed by atoms with Crippen LogP contribution in [0.2, 0.25) is 5.02 Å². The van der Waals surface area contributed by atoms with E-state index in [1.165, 1.54) is 0 Å². The fourth-order valence-electron chi connectivity index (χ4n) is 3.58. The van der Waals surface area contributed by atoms with Crippen LogP contribution in [0.15, 0.2) is 53.1 Å². The molecule has 156 valence electrons. The van der Waals surface area contributed by atoms with Gasteiger partial charge >= 0.3 is 6.43 Å². The van der Waals surface area contributed by atoms with E-state index in [2.05, 4.69) is 15.3 Å². The fraction of sp³-hybridized carbons (Fsp3) is 0.143. The van der Waals surface area contributed by atoms with E-state index >= 15 is 0 Å². The number of nitrogens with zero attached hydrogens (tertiary/aromatic N) is 5. The van der Waals surface area contributed by atoms with Crippen molar-refractivity contribution in [1.29, 1.82) is 0 Å². The lowest BCUT2D eigenvalue weighted by Crippen LogP contribution is -2.24. The molecule has 1 aliphatic heterocycles. The van der Waals surface area contributed by atoms with Crippen LogP contribution in [0, 0.1) is 0 Å². The summed E-state index contributed by atoms with van der Waals surface area (Å²) >= 11 is 6.14. The minimum atomic E-state index is -2.86. The van der Waals surface area contributed by atoms with Crippen molar-refractivity contribution >= 4 is 23.3 Å². The molecule has 7 nitrogen and oxygen atoms in total. The summed E-state index contributed by atoms with van der Waals surface area (Å²) < 4.78 is 32.1. The summed E-state index contributed by atoms with van der Waals surface area (Å²) in [6.45, 7) is 0.325. The van der Waals surface area contributed by atoms with Gasteiger partial charge in [0.2, 0.25) is 5.89 Å². The molecule has 31 heavy (non-hydrogen) atoms. The summed E-state index contributed by atoms with van der Waals surface area (Å²) in [5.41, 5.74) is 3.21. The maximum absolute atomic E-state index is 13.2. The molecule has 3 heterocycles. The van der Waals surface area contributed by atoms with Crippen LogP contribution in [0.3, 0.4) is 0 Å². The molecule has 2 aromatic heterocycles. The zero-order chi connectivity index (χ0) is 21.7. The summed E-state index contributed by atoms with van der Waals surface area (Å²) in [5, 5.41) is 12.1. The van der Waals surface area contributed by atoms with Crippen molar-refractivity contribution in [3.8, 4) is 22.6 Å². The highest BCUT2D eigenvalue weighted by molar-refractivity contribution is 6.30. The van der Waals surface area contributed by atoms with E-state index in [1.807, 2.05) is 24.4 Å². The molecule has 2 aromatic carbocycles. The summed E-state index contributed by atoms with van der Waals surface area (Å²) in [6.07, 6.45) is -1.03. The molecule has 0 aliphatic carbocycles. The Balaban J connectivity index is 1.51. The Hall–Kier alpha value is -3.59. The van der Waals surface area contributed by atoms with E-state index in [4.69, 9.17) is 16.0 Å². The Labute approximate surface area is 179 Å². The Kier molecular flexibility index (Phi) is 4.55. The molecule has 0 fully saturated rings. The van der Waals surface area contributed by atoms with Crippen molar-refractivity contribution in [2.75, 3.05) is 4.90 Å². The first-order chi connectivity index (χ1) is 14.9. The monoisotopic (exact) mass is 441 g/mol. The molecular weight excluding hydrogens is 428 g/mol. The Morgan fingerprint density at radius 2 is 1.94 bits per heavy atom. The van der Waals surface area contributed by atoms with Crippen molar-refractivity contribution in [3.63, 3.8) is 0 Å². The maximum Gasteiger partial charge on any atom is 0.314 e. The molecule has 0 unspecified atom stereocenters. The van der Waals surface area contributed by atoms with E-state index in [-0.39, 0.29) is 11.8 Å². The molecule has 0 spiro atoms. The van der Waals surface area contributed by atoms with Gasteiger partial charge in [-0.15, -0.1) is 10.2 Å². The predicted molar refractivity (Wildman–Crippen MR) is 109 cm³/mol. The van der Waals surface area contributed by atoms with E-state index < -0.39 is 12.3 Å². The predicted octanol–water partition coefficient (Wildman–Crippen LogP) is 4.89. The van der Waals surface area contributed by atoms with Gasteiger partial charge in [0.25, 0.3) is 11.8 Å². The number of aryl methyl sites for hydroxylation is 1. The zero-order valence-electron chi connectivity index (χ0n) is 16.1. The molecule has 4 aromatic rings. The highest BCUT2D eigenvalue weighted by atomic mass is 35.5. The van der Waals surface area contributed by atoms with Gasteiger partial charge in [0.1, 0.15) is 0 Å².